The van der Waals surface area contributed by atoms with E-state index in [1.807, 2.05) is 0 Å². The van der Waals surface area contributed by atoms with Gasteiger partial charge in [0.15, 0.2) is 11.5 Å². The fourth-order valence-electron chi connectivity index (χ4n) is 1.57. The van der Waals surface area contributed by atoms with E-state index in [0.29, 0.717) is 0 Å². The van der Waals surface area contributed by atoms with Gasteiger partial charge in [0.05, 0.1) is 0 Å². The van der Waals surface area contributed by atoms with E-state index in [1.165, 1.54) is 12.1 Å². The fraction of sp³-hybridized carbons (Fsp3) is 0.400. The Morgan fingerprint density at radius 2 is 1.74 bits per heavy atom. The zero-order valence-corrected chi connectivity index (χ0v) is 10.0. The van der Waals surface area contributed by atoms with E-state index < -0.39 is 23.7 Å². The predicted molar refractivity (Wildman–Crippen MR) is 57.7 cm³/mol. The largest absolute Gasteiger partial charge is 0.455 e. The van der Waals surface area contributed by atoms with Gasteiger partial charge >= 0.3 is 12.1 Å². The molecule has 0 spiro atoms. The number of ether oxygens (including phenoxy) is 2. The van der Waals surface area contributed by atoms with Crippen molar-refractivity contribution in [1.29, 1.82) is 0 Å². The van der Waals surface area contributed by atoms with Crippen molar-refractivity contribution in [2.45, 2.75) is 18.1 Å². The van der Waals surface area contributed by atoms with Crippen molar-refractivity contribution >= 4 is 12.4 Å². The Morgan fingerprint density at radius 3 is 2.32 bits per heavy atom. The average Bonchev–Trinajstić information content (AvgIpc) is 2.73. The molecule has 108 valence electrons. The summed E-state index contributed by atoms with van der Waals surface area (Å²) in [5, 5.41) is 0. The molecule has 0 amide bonds. The molecule has 1 aliphatic heterocycles. The van der Waals surface area contributed by atoms with Crippen LogP contribution >= 0.6 is 12.4 Å². The first kappa shape index (κ1) is 15.8. The van der Waals surface area contributed by atoms with Crippen molar-refractivity contribution in [2.75, 3.05) is 6.79 Å². The van der Waals surface area contributed by atoms with Crippen LogP contribution in [0.5, 0.6) is 11.5 Å². The maximum Gasteiger partial charge on any atom is 0.455 e. The first-order valence-electron chi connectivity index (χ1n) is 4.84. The van der Waals surface area contributed by atoms with Crippen LogP contribution in [0.3, 0.4) is 0 Å². The molecule has 9 heteroatoms. The molecule has 0 unspecified atom stereocenters. The van der Waals surface area contributed by atoms with Crippen LogP contribution in [-0.2, 0) is 0 Å². The van der Waals surface area contributed by atoms with Gasteiger partial charge in [-0.2, -0.15) is 22.0 Å². The van der Waals surface area contributed by atoms with E-state index in [4.69, 9.17) is 15.2 Å². The van der Waals surface area contributed by atoms with E-state index >= 15 is 0 Å². The Bertz CT molecular complexity index is 466. The lowest BCUT2D eigenvalue weighted by Gasteiger charge is -2.26. The third kappa shape index (κ3) is 2.55. The molecule has 3 nitrogen and oxygen atoms in total. The fourth-order valence-corrected chi connectivity index (χ4v) is 1.57. The molecule has 19 heavy (non-hydrogen) atoms. The Hall–Kier alpha value is -1.28. The summed E-state index contributed by atoms with van der Waals surface area (Å²) in [6.45, 7) is -0.239. The van der Waals surface area contributed by atoms with Gasteiger partial charge in [-0.1, -0.05) is 12.1 Å². The highest BCUT2D eigenvalue weighted by Gasteiger charge is 2.62. The quantitative estimate of drug-likeness (QED) is 0.854. The minimum absolute atomic E-state index is 0. The smallest absolute Gasteiger partial charge is 0.454 e. The molecule has 0 aliphatic carbocycles. The van der Waals surface area contributed by atoms with Crippen molar-refractivity contribution in [2.24, 2.45) is 5.73 Å². The number of hydrogen-bond acceptors (Lipinski definition) is 3. The number of alkyl halides is 5. The summed E-state index contributed by atoms with van der Waals surface area (Å²) >= 11 is 0. The molecule has 1 atom stereocenters. The molecule has 2 rings (SSSR count). The van der Waals surface area contributed by atoms with Crippen LogP contribution in [-0.4, -0.2) is 18.9 Å². The molecule has 0 aromatic heterocycles. The predicted octanol–water partition coefficient (Wildman–Crippen LogP) is 3.03. The van der Waals surface area contributed by atoms with Gasteiger partial charge in [0.2, 0.25) is 6.79 Å². The van der Waals surface area contributed by atoms with Crippen molar-refractivity contribution in [3.8, 4) is 11.5 Å². The number of benzene rings is 1. The number of hydrogen-bond donors (Lipinski definition) is 1. The Morgan fingerprint density at radius 1 is 1.11 bits per heavy atom. The van der Waals surface area contributed by atoms with Gasteiger partial charge in [0, 0.05) is 5.56 Å². The van der Waals surface area contributed by atoms with Crippen LogP contribution in [0, 0.1) is 0 Å². The summed E-state index contributed by atoms with van der Waals surface area (Å²) < 4.78 is 72.7. The van der Waals surface area contributed by atoms with Crippen LogP contribution in [0.25, 0.3) is 0 Å². The summed E-state index contributed by atoms with van der Waals surface area (Å²) in [6.07, 6.45) is -5.73. The summed E-state index contributed by atoms with van der Waals surface area (Å²) in [4.78, 5) is 0. The lowest BCUT2D eigenvalue weighted by Crippen LogP contribution is -2.45. The van der Waals surface area contributed by atoms with Gasteiger partial charge in [-0.3, -0.25) is 0 Å². The van der Waals surface area contributed by atoms with Gasteiger partial charge in [0.1, 0.15) is 6.04 Å². The first-order chi connectivity index (χ1) is 8.25. The molecule has 0 saturated heterocycles. The van der Waals surface area contributed by atoms with Gasteiger partial charge in [-0.25, -0.2) is 0 Å². The van der Waals surface area contributed by atoms with E-state index in [1.54, 1.807) is 0 Å². The SMILES string of the molecule is Cl.N[C@H](c1cccc2c1OCO2)C(F)(F)C(F)(F)F. The minimum Gasteiger partial charge on any atom is -0.454 e. The maximum absolute atomic E-state index is 13.1. The number of nitrogens with two attached hydrogens (primary N) is 1. The Balaban J connectivity index is 0.00000180. The summed E-state index contributed by atoms with van der Waals surface area (Å²) in [5.74, 6) is -5.12. The van der Waals surface area contributed by atoms with E-state index in [-0.39, 0.29) is 30.7 Å². The van der Waals surface area contributed by atoms with Gasteiger partial charge in [-0.15, -0.1) is 12.4 Å². The highest BCUT2D eigenvalue weighted by molar-refractivity contribution is 5.85. The highest BCUT2D eigenvalue weighted by Crippen LogP contribution is 2.47. The van der Waals surface area contributed by atoms with Crippen LogP contribution in [0.4, 0.5) is 22.0 Å². The van der Waals surface area contributed by atoms with E-state index in [2.05, 4.69) is 0 Å². The zero-order valence-electron chi connectivity index (χ0n) is 9.21. The zero-order chi connectivity index (χ0) is 13.6. The monoisotopic (exact) mass is 305 g/mol. The van der Waals surface area contributed by atoms with Gasteiger partial charge in [-0.05, 0) is 6.07 Å². The topological polar surface area (TPSA) is 44.5 Å². The summed E-state index contributed by atoms with van der Waals surface area (Å²) in [6, 6.07) is 1.17. The molecular formula is C10H9ClF5NO2. The summed E-state index contributed by atoms with van der Waals surface area (Å²) in [5.41, 5.74) is 4.59. The van der Waals surface area contributed by atoms with Crippen molar-refractivity contribution in [3.63, 3.8) is 0 Å². The minimum atomic E-state index is -5.73. The van der Waals surface area contributed by atoms with Crippen LogP contribution in [0.15, 0.2) is 18.2 Å². The second kappa shape index (κ2) is 5.01. The molecule has 0 fully saturated rings. The Labute approximate surface area is 110 Å². The van der Waals surface area contributed by atoms with Crippen LogP contribution < -0.4 is 15.2 Å². The molecule has 2 N–H and O–H groups in total. The van der Waals surface area contributed by atoms with Crippen LogP contribution in [0.2, 0.25) is 0 Å². The molecule has 1 aromatic rings. The van der Waals surface area contributed by atoms with Gasteiger partial charge in [0.25, 0.3) is 0 Å². The first-order valence-corrected chi connectivity index (χ1v) is 4.84. The second-order valence-corrected chi connectivity index (χ2v) is 3.68. The van der Waals surface area contributed by atoms with Crippen molar-refractivity contribution < 1.29 is 31.4 Å². The molecule has 1 aromatic carbocycles. The molecule has 0 radical (unpaired) electrons. The van der Waals surface area contributed by atoms with Crippen LogP contribution in [0.1, 0.15) is 11.6 Å². The summed E-state index contributed by atoms with van der Waals surface area (Å²) in [7, 11) is 0. The molecular weight excluding hydrogens is 297 g/mol. The lowest BCUT2D eigenvalue weighted by atomic mass is 9.99. The third-order valence-corrected chi connectivity index (χ3v) is 2.53. The third-order valence-electron chi connectivity index (χ3n) is 2.53. The standard InChI is InChI=1S/C10H8F5NO2.ClH/c11-9(12,10(13,14)15)8(16)5-2-1-3-6-7(5)18-4-17-6;/h1-3,8H,4,16H2;1H/t8-;/m1./s1. The number of halogens is 6. The lowest BCUT2D eigenvalue weighted by molar-refractivity contribution is -0.291. The maximum atomic E-state index is 13.1. The van der Waals surface area contributed by atoms with Crippen molar-refractivity contribution in [1.82, 2.24) is 0 Å². The molecule has 1 heterocycles. The van der Waals surface area contributed by atoms with E-state index in [0.717, 1.165) is 6.07 Å². The Kier molecular flexibility index (Phi) is 4.16. The molecule has 0 saturated carbocycles. The number of para-hydroxylation sites is 1. The van der Waals surface area contributed by atoms with Gasteiger partial charge < -0.3 is 15.2 Å². The normalized spacial score (nSPS) is 15.9. The number of fused-ring (bicyclic) bond motifs is 1. The molecule has 1 aliphatic rings. The highest BCUT2D eigenvalue weighted by atomic mass is 35.5. The van der Waals surface area contributed by atoms with E-state index in [9.17, 15) is 22.0 Å². The number of rotatable bonds is 2. The van der Waals surface area contributed by atoms with Crippen molar-refractivity contribution in [3.05, 3.63) is 23.8 Å². The average molecular weight is 306 g/mol. The second-order valence-electron chi connectivity index (χ2n) is 3.68. The molecule has 0 bridgehead atoms.